The molecule has 0 radical (unpaired) electrons. The summed E-state index contributed by atoms with van der Waals surface area (Å²) in [5, 5.41) is 3.88. The predicted molar refractivity (Wildman–Crippen MR) is 115 cm³/mol. The number of ether oxygens (including phenoxy) is 1. The van der Waals surface area contributed by atoms with E-state index in [9.17, 15) is 0 Å². The van der Waals surface area contributed by atoms with Crippen molar-refractivity contribution in [2.45, 2.75) is 13.5 Å². The van der Waals surface area contributed by atoms with Gasteiger partial charge in [-0.3, -0.25) is 5.84 Å². The quantitative estimate of drug-likeness (QED) is 0.424. The van der Waals surface area contributed by atoms with Gasteiger partial charge in [0.2, 0.25) is 5.88 Å². The highest BCUT2D eigenvalue weighted by Gasteiger charge is 2.08. The smallest absolute Gasteiger partial charge is 0.217 e. The zero-order chi connectivity index (χ0) is 20.4. The highest BCUT2D eigenvalue weighted by molar-refractivity contribution is 6.30. The molecule has 3 aromatic rings. The van der Waals surface area contributed by atoms with Gasteiger partial charge in [0.15, 0.2) is 5.82 Å². The molecule has 1 heterocycles. The van der Waals surface area contributed by atoms with E-state index in [-0.39, 0.29) is 0 Å². The van der Waals surface area contributed by atoms with Crippen LogP contribution in [0, 0.1) is 6.92 Å². The Balaban J connectivity index is 0.000000640. The lowest BCUT2D eigenvalue weighted by atomic mass is 10.1. The molecule has 0 saturated carbocycles. The van der Waals surface area contributed by atoms with Crippen molar-refractivity contribution >= 4 is 17.3 Å². The molecule has 6 nitrogen and oxygen atoms in total. The number of hydrazine groups is 1. The minimum Gasteiger partial charge on any atom is -0.473 e. The molecular formula is C21H24ClN5O. The van der Waals surface area contributed by atoms with Gasteiger partial charge in [0, 0.05) is 47.3 Å². The molecule has 4 N–H and O–H groups in total. The van der Waals surface area contributed by atoms with Gasteiger partial charge in [0.05, 0.1) is 0 Å². The highest BCUT2D eigenvalue weighted by Crippen LogP contribution is 2.23. The first-order chi connectivity index (χ1) is 13.6. The van der Waals surface area contributed by atoms with Crippen LogP contribution in [0.2, 0.25) is 5.02 Å². The second-order valence-electron chi connectivity index (χ2n) is 5.74. The fourth-order valence-electron chi connectivity index (χ4n) is 2.43. The number of hydrogen-bond donors (Lipinski definition) is 3. The van der Waals surface area contributed by atoms with Gasteiger partial charge in [-0.05, 0) is 42.8 Å². The first-order valence-corrected chi connectivity index (χ1v) is 9.02. The van der Waals surface area contributed by atoms with Crippen LogP contribution in [0.15, 0.2) is 67.5 Å². The topological polar surface area (TPSA) is 85.1 Å². The maximum atomic E-state index is 5.92. The number of aryl methyl sites for hydroxylation is 1. The lowest BCUT2D eigenvalue weighted by Crippen LogP contribution is -2.11. The number of rotatable bonds is 6. The summed E-state index contributed by atoms with van der Waals surface area (Å²) in [6.45, 7) is 5.76. The molecule has 0 fully saturated rings. The minimum absolute atomic E-state index is 0.444. The molecule has 28 heavy (non-hydrogen) atoms. The third-order valence-corrected chi connectivity index (χ3v) is 4.15. The molecule has 0 bridgehead atoms. The molecule has 3 rings (SSSR count). The Morgan fingerprint density at radius 2 is 1.89 bits per heavy atom. The zero-order valence-corrected chi connectivity index (χ0v) is 16.7. The number of nitrogens with zero attached hydrogens (tertiary/aromatic N) is 2. The lowest BCUT2D eigenvalue weighted by Gasteiger charge is -2.13. The van der Waals surface area contributed by atoms with E-state index in [2.05, 4.69) is 46.1 Å². The van der Waals surface area contributed by atoms with Gasteiger partial charge in [0.1, 0.15) is 6.61 Å². The second kappa shape index (κ2) is 10.9. The number of halogens is 1. The van der Waals surface area contributed by atoms with E-state index in [4.69, 9.17) is 16.3 Å². The van der Waals surface area contributed by atoms with Crippen LogP contribution in [-0.4, -0.2) is 17.0 Å². The van der Waals surface area contributed by atoms with E-state index in [1.54, 1.807) is 12.3 Å². The fraction of sp³-hybridized carbons (Fsp3) is 0.143. The number of nitrogens with two attached hydrogens (primary N) is 1. The summed E-state index contributed by atoms with van der Waals surface area (Å²) in [6, 6.07) is 15.3. The van der Waals surface area contributed by atoms with Gasteiger partial charge in [0.25, 0.3) is 0 Å². The number of nitrogens with one attached hydrogen (secondary N) is 2. The SMILES string of the molecule is C=CNN.CNc1cccc(C)c1COc1ccnc(-c2ccc(Cl)cc2)n1. The predicted octanol–water partition coefficient (Wildman–Crippen LogP) is 4.32. The van der Waals surface area contributed by atoms with Crippen LogP contribution in [0.5, 0.6) is 5.88 Å². The minimum atomic E-state index is 0.444. The second-order valence-corrected chi connectivity index (χ2v) is 6.17. The molecule has 146 valence electrons. The molecule has 0 aliphatic carbocycles. The molecule has 0 atom stereocenters. The van der Waals surface area contributed by atoms with Crippen LogP contribution in [0.25, 0.3) is 11.4 Å². The third-order valence-electron chi connectivity index (χ3n) is 3.89. The maximum Gasteiger partial charge on any atom is 0.217 e. The van der Waals surface area contributed by atoms with Gasteiger partial charge < -0.3 is 15.5 Å². The van der Waals surface area contributed by atoms with Crippen molar-refractivity contribution < 1.29 is 4.74 Å². The number of anilines is 1. The number of benzene rings is 2. The number of aromatic nitrogens is 2. The Bertz CT molecular complexity index is 900. The summed E-state index contributed by atoms with van der Waals surface area (Å²) in [5.41, 5.74) is 6.44. The van der Waals surface area contributed by atoms with Crippen molar-refractivity contribution in [1.29, 1.82) is 0 Å². The standard InChI is InChI=1S/C19H18ClN3O.C2H6N2/c1-13-4-3-5-17(21-2)16(13)12-24-18-10-11-22-19(23-18)14-6-8-15(20)9-7-14;1-2-4-3/h3-11,21H,12H2,1-2H3;2,4H,1,3H2. The van der Waals surface area contributed by atoms with Crippen molar-refractivity contribution in [3.8, 4) is 17.3 Å². The largest absolute Gasteiger partial charge is 0.473 e. The van der Waals surface area contributed by atoms with Gasteiger partial charge in [-0.1, -0.05) is 30.3 Å². The van der Waals surface area contributed by atoms with Crippen LogP contribution in [0.1, 0.15) is 11.1 Å². The molecule has 0 spiro atoms. The summed E-state index contributed by atoms with van der Waals surface area (Å²) in [4.78, 5) is 8.78. The van der Waals surface area contributed by atoms with Crippen LogP contribution in [-0.2, 0) is 6.61 Å². The molecule has 0 aliphatic heterocycles. The van der Waals surface area contributed by atoms with E-state index < -0.39 is 0 Å². The summed E-state index contributed by atoms with van der Waals surface area (Å²) in [7, 11) is 1.90. The first kappa shape index (κ1) is 21.2. The highest BCUT2D eigenvalue weighted by atomic mass is 35.5. The normalized spacial score (nSPS) is 9.71. The van der Waals surface area contributed by atoms with Crippen molar-refractivity contribution in [3.63, 3.8) is 0 Å². The molecule has 0 aliphatic rings. The summed E-state index contributed by atoms with van der Waals surface area (Å²) in [5.74, 6) is 5.82. The van der Waals surface area contributed by atoms with E-state index in [1.165, 1.54) is 11.8 Å². The Kier molecular flexibility index (Phi) is 8.27. The lowest BCUT2D eigenvalue weighted by molar-refractivity contribution is 0.293. The van der Waals surface area contributed by atoms with Crippen molar-refractivity contribution in [1.82, 2.24) is 15.4 Å². The van der Waals surface area contributed by atoms with Gasteiger partial charge in [-0.2, -0.15) is 4.98 Å². The molecule has 7 heteroatoms. The zero-order valence-electron chi connectivity index (χ0n) is 15.9. The molecule has 0 saturated heterocycles. The Morgan fingerprint density at radius 1 is 1.18 bits per heavy atom. The third kappa shape index (κ3) is 5.97. The monoisotopic (exact) mass is 397 g/mol. The average Bonchev–Trinajstić information content (AvgIpc) is 2.73. The van der Waals surface area contributed by atoms with Crippen molar-refractivity contribution in [2.75, 3.05) is 12.4 Å². The fourth-order valence-corrected chi connectivity index (χ4v) is 2.56. The van der Waals surface area contributed by atoms with Crippen LogP contribution < -0.4 is 21.3 Å². The summed E-state index contributed by atoms with van der Waals surface area (Å²) >= 11 is 5.92. The van der Waals surface area contributed by atoms with E-state index in [1.807, 2.05) is 43.4 Å². The Morgan fingerprint density at radius 3 is 2.54 bits per heavy atom. The van der Waals surface area contributed by atoms with Gasteiger partial charge in [-0.15, -0.1) is 0 Å². The maximum absolute atomic E-state index is 5.92. The molecule has 0 unspecified atom stereocenters. The van der Waals surface area contributed by atoms with Gasteiger partial charge >= 0.3 is 0 Å². The van der Waals surface area contributed by atoms with Gasteiger partial charge in [-0.25, -0.2) is 4.98 Å². The van der Waals surface area contributed by atoms with E-state index >= 15 is 0 Å². The number of hydrogen-bond acceptors (Lipinski definition) is 6. The van der Waals surface area contributed by atoms with E-state index in [0.717, 1.165) is 16.8 Å². The van der Waals surface area contributed by atoms with Crippen LogP contribution in [0.4, 0.5) is 5.69 Å². The van der Waals surface area contributed by atoms with Crippen molar-refractivity contribution in [2.24, 2.45) is 5.84 Å². The van der Waals surface area contributed by atoms with Crippen LogP contribution >= 0.6 is 11.6 Å². The Labute approximate surface area is 170 Å². The molecule has 1 aromatic heterocycles. The molecular weight excluding hydrogens is 374 g/mol. The Hall–Kier alpha value is -3.09. The first-order valence-electron chi connectivity index (χ1n) is 8.64. The average molecular weight is 398 g/mol. The van der Waals surface area contributed by atoms with E-state index in [0.29, 0.717) is 23.3 Å². The molecule has 0 amide bonds. The van der Waals surface area contributed by atoms with Crippen LogP contribution in [0.3, 0.4) is 0 Å². The molecule has 2 aromatic carbocycles. The summed E-state index contributed by atoms with van der Waals surface area (Å²) in [6.07, 6.45) is 3.10. The van der Waals surface area contributed by atoms with Crippen molar-refractivity contribution in [3.05, 3.63) is 83.7 Å². The summed E-state index contributed by atoms with van der Waals surface area (Å²) < 4.78 is 5.88.